The van der Waals surface area contributed by atoms with E-state index in [1.54, 1.807) is 0 Å². The van der Waals surface area contributed by atoms with Crippen molar-refractivity contribution < 1.29 is 14.3 Å². The van der Waals surface area contributed by atoms with Crippen LogP contribution in [0.15, 0.2) is 28.7 Å². The van der Waals surface area contributed by atoms with Gasteiger partial charge >= 0.3 is 0 Å². The van der Waals surface area contributed by atoms with Crippen LogP contribution >= 0.6 is 0 Å². The van der Waals surface area contributed by atoms with Crippen molar-refractivity contribution in [3.05, 3.63) is 35.6 Å². The lowest BCUT2D eigenvalue weighted by Gasteiger charge is -2.16. The Morgan fingerprint density at radius 1 is 1.35 bits per heavy atom. The SMILES string of the molecule is Cc1oc2ccccc2c1C(O)C1CCOC1. The van der Waals surface area contributed by atoms with E-state index in [1.807, 2.05) is 31.2 Å². The van der Waals surface area contributed by atoms with Crippen molar-refractivity contribution in [2.75, 3.05) is 13.2 Å². The van der Waals surface area contributed by atoms with Crippen molar-refractivity contribution in [2.45, 2.75) is 19.4 Å². The number of furan rings is 1. The van der Waals surface area contributed by atoms with Crippen LogP contribution in [0.3, 0.4) is 0 Å². The molecule has 1 N–H and O–H groups in total. The zero-order valence-corrected chi connectivity index (χ0v) is 9.85. The minimum Gasteiger partial charge on any atom is -0.461 e. The topological polar surface area (TPSA) is 42.6 Å². The number of para-hydroxylation sites is 1. The first-order valence-corrected chi connectivity index (χ1v) is 6.01. The quantitative estimate of drug-likeness (QED) is 0.865. The summed E-state index contributed by atoms with van der Waals surface area (Å²) in [5.74, 6) is 1.00. The summed E-state index contributed by atoms with van der Waals surface area (Å²) in [6.07, 6.45) is 0.432. The number of aliphatic hydroxyl groups is 1. The minimum absolute atomic E-state index is 0.190. The molecular weight excluding hydrogens is 216 g/mol. The van der Waals surface area contributed by atoms with Crippen LogP contribution in [-0.4, -0.2) is 18.3 Å². The van der Waals surface area contributed by atoms with Gasteiger partial charge in [0.25, 0.3) is 0 Å². The Kier molecular flexibility index (Phi) is 2.65. The molecule has 2 heterocycles. The highest BCUT2D eigenvalue weighted by Crippen LogP contribution is 2.36. The van der Waals surface area contributed by atoms with Gasteiger partial charge < -0.3 is 14.3 Å². The summed E-state index contributed by atoms with van der Waals surface area (Å²) in [5.41, 5.74) is 1.77. The fraction of sp³-hybridized carbons (Fsp3) is 0.429. The zero-order valence-electron chi connectivity index (χ0n) is 9.85. The first-order valence-electron chi connectivity index (χ1n) is 6.01. The number of hydrogen-bond donors (Lipinski definition) is 1. The molecule has 1 aliphatic heterocycles. The van der Waals surface area contributed by atoms with Gasteiger partial charge in [0.15, 0.2) is 0 Å². The van der Waals surface area contributed by atoms with E-state index in [0.717, 1.165) is 35.3 Å². The van der Waals surface area contributed by atoms with Crippen molar-refractivity contribution in [1.29, 1.82) is 0 Å². The van der Waals surface area contributed by atoms with Gasteiger partial charge in [-0.15, -0.1) is 0 Å². The number of aryl methyl sites for hydroxylation is 1. The van der Waals surface area contributed by atoms with Crippen LogP contribution in [0, 0.1) is 12.8 Å². The zero-order chi connectivity index (χ0) is 11.8. The highest BCUT2D eigenvalue weighted by molar-refractivity contribution is 5.82. The molecule has 1 aliphatic rings. The molecule has 0 saturated carbocycles. The summed E-state index contributed by atoms with van der Waals surface area (Å²) in [7, 11) is 0. The molecule has 0 aliphatic carbocycles. The molecule has 3 rings (SSSR count). The molecule has 1 aromatic carbocycles. The molecule has 2 unspecified atom stereocenters. The lowest BCUT2D eigenvalue weighted by molar-refractivity contribution is 0.0916. The number of aliphatic hydroxyl groups excluding tert-OH is 1. The molecule has 0 amide bonds. The first kappa shape index (κ1) is 10.8. The molecule has 3 heteroatoms. The van der Waals surface area contributed by atoms with E-state index < -0.39 is 6.10 Å². The largest absolute Gasteiger partial charge is 0.461 e. The fourth-order valence-corrected chi connectivity index (χ4v) is 2.59. The smallest absolute Gasteiger partial charge is 0.134 e. The van der Waals surface area contributed by atoms with Crippen molar-refractivity contribution in [3.8, 4) is 0 Å². The summed E-state index contributed by atoms with van der Waals surface area (Å²) in [5, 5.41) is 11.5. The maximum absolute atomic E-state index is 10.4. The van der Waals surface area contributed by atoms with Gasteiger partial charge in [0.2, 0.25) is 0 Å². The van der Waals surface area contributed by atoms with Gasteiger partial charge in [-0.3, -0.25) is 0 Å². The van der Waals surface area contributed by atoms with E-state index in [4.69, 9.17) is 9.15 Å². The van der Waals surface area contributed by atoms with Gasteiger partial charge in [0.1, 0.15) is 11.3 Å². The molecule has 0 bridgehead atoms. The standard InChI is InChI=1S/C14H16O3/c1-9-13(14(15)10-6-7-16-8-10)11-4-2-3-5-12(11)17-9/h2-5,10,14-15H,6-8H2,1H3. The van der Waals surface area contributed by atoms with E-state index >= 15 is 0 Å². The predicted octanol–water partition coefficient (Wildman–Crippen LogP) is 2.81. The molecule has 1 fully saturated rings. The molecule has 90 valence electrons. The summed E-state index contributed by atoms with van der Waals surface area (Å²) in [4.78, 5) is 0. The third-order valence-electron chi connectivity index (χ3n) is 3.53. The third-order valence-corrected chi connectivity index (χ3v) is 3.53. The number of rotatable bonds is 2. The van der Waals surface area contributed by atoms with E-state index in [-0.39, 0.29) is 5.92 Å². The molecule has 2 aromatic rings. The van der Waals surface area contributed by atoms with Crippen molar-refractivity contribution in [1.82, 2.24) is 0 Å². The van der Waals surface area contributed by atoms with Crippen LogP contribution in [0.1, 0.15) is 23.8 Å². The molecule has 17 heavy (non-hydrogen) atoms. The number of ether oxygens (including phenoxy) is 1. The minimum atomic E-state index is -0.485. The summed E-state index contributed by atoms with van der Waals surface area (Å²) in [6.45, 7) is 3.30. The lowest BCUT2D eigenvalue weighted by Crippen LogP contribution is -2.12. The average Bonchev–Trinajstić information content (AvgIpc) is 2.94. The van der Waals surface area contributed by atoms with E-state index in [0.29, 0.717) is 6.61 Å². The van der Waals surface area contributed by atoms with E-state index in [2.05, 4.69) is 0 Å². The molecule has 0 spiro atoms. The fourth-order valence-electron chi connectivity index (χ4n) is 2.59. The Labute approximate surface area is 100.0 Å². The number of benzene rings is 1. The van der Waals surface area contributed by atoms with E-state index in [1.165, 1.54) is 0 Å². The number of fused-ring (bicyclic) bond motifs is 1. The predicted molar refractivity (Wildman–Crippen MR) is 64.8 cm³/mol. The maximum Gasteiger partial charge on any atom is 0.134 e. The second-order valence-electron chi connectivity index (χ2n) is 4.64. The second-order valence-corrected chi connectivity index (χ2v) is 4.64. The summed E-state index contributed by atoms with van der Waals surface area (Å²) >= 11 is 0. The van der Waals surface area contributed by atoms with Gasteiger partial charge in [0.05, 0.1) is 12.7 Å². The van der Waals surface area contributed by atoms with Crippen LogP contribution in [0.4, 0.5) is 0 Å². The maximum atomic E-state index is 10.4. The normalized spacial score (nSPS) is 22.1. The number of hydrogen-bond acceptors (Lipinski definition) is 3. The summed E-state index contributed by atoms with van der Waals surface area (Å²) in [6, 6.07) is 7.85. The Balaban J connectivity index is 2.06. The molecule has 1 aromatic heterocycles. The molecule has 1 saturated heterocycles. The summed E-state index contributed by atoms with van der Waals surface area (Å²) < 4.78 is 11.0. The van der Waals surface area contributed by atoms with Crippen molar-refractivity contribution in [2.24, 2.45) is 5.92 Å². The molecule has 2 atom stereocenters. The Morgan fingerprint density at radius 3 is 2.94 bits per heavy atom. The van der Waals surface area contributed by atoms with Gasteiger partial charge in [-0.1, -0.05) is 18.2 Å². The first-order chi connectivity index (χ1) is 8.27. The van der Waals surface area contributed by atoms with Crippen LogP contribution in [0.25, 0.3) is 11.0 Å². The molecular formula is C14H16O3. The Bertz CT molecular complexity index is 523. The van der Waals surface area contributed by atoms with Crippen molar-refractivity contribution in [3.63, 3.8) is 0 Å². The van der Waals surface area contributed by atoms with Crippen LogP contribution in [0.5, 0.6) is 0 Å². The molecule has 0 radical (unpaired) electrons. The third kappa shape index (κ3) is 1.75. The van der Waals surface area contributed by atoms with E-state index in [9.17, 15) is 5.11 Å². The van der Waals surface area contributed by atoms with Crippen molar-refractivity contribution >= 4 is 11.0 Å². The van der Waals surface area contributed by atoms with Crippen LogP contribution in [0.2, 0.25) is 0 Å². The van der Waals surface area contributed by atoms with Crippen LogP contribution in [-0.2, 0) is 4.74 Å². The average molecular weight is 232 g/mol. The van der Waals surface area contributed by atoms with Gasteiger partial charge in [-0.25, -0.2) is 0 Å². The highest BCUT2D eigenvalue weighted by atomic mass is 16.5. The Hall–Kier alpha value is -1.32. The van der Waals surface area contributed by atoms with Gasteiger partial charge in [-0.2, -0.15) is 0 Å². The highest BCUT2D eigenvalue weighted by Gasteiger charge is 2.29. The monoisotopic (exact) mass is 232 g/mol. The van der Waals surface area contributed by atoms with Crippen LogP contribution < -0.4 is 0 Å². The molecule has 3 nitrogen and oxygen atoms in total. The lowest BCUT2D eigenvalue weighted by atomic mass is 9.93. The van der Waals surface area contributed by atoms with Gasteiger partial charge in [-0.05, 0) is 19.4 Å². The second kappa shape index (κ2) is 4.17. The van der Waals surface area contributed by atoms with Gasteiger partial charge in [0, 0.05) is 23.5 Å². The Morgan fingerprint density at radius 2 is 2.18 bits per heavy atom.